The smallest absolute Gasteiger partial charge is 0.255 e. The zero-order chi connectivity index (χ0) is 21.5. The molecule has 152 valence electrons. The Bertz CT molecular complexity index is 1630. The van der Waals surface area contributed by atoms with Gasteiger partial charge in [0.2, 0.25) is 5.89 Å². The second kappa shape index (κ2) is 7.36. The van der Waals surface area contributed by atoms with Crippen molar-refractivity contribution in [3.63, 3.8) is 0 Å². The van der Waals surface area contributed by atoms with Crippen LogP contribution in [-0.4, -0.2) is 10.9 Å². The lowest BCUT2D eigenvalue weighted by Crippen LogP contribution is -2.11. The fraction of sp³-hybridized carbons (Fsp3) is 0. The van der Waals surface area contributed by atoms with Crippen LogP contribution in [0.15, 0.2) is 108 Å². The Kier molecular flexibility index (Phi) is 4.22. The molecule has 4 nitrogen and oxygen atoms in total. The normalized spacial score (nSPS) is 11.2. The molecular weight excluding hydrogens is 396 g/mol. The first-order valence-corrected chi connectivity index (χ1v) is 10.4. The van der Waals surface area contributed by atoms with Gasteiger partial charge in [-0.05, 0) is 57.9 Å². The van der Waals surface area contributed by atoms with Crippen LogP contribution >= 0.6 is 0 Å². The van der Waals surface area contributed by atoms with Crippen LogP contribution in [0.25, 0.3) is 44.1 Å². The topological polar surface area (TPSA) is 55.1 Å². The first-order valence-electron chi connectivity index (χ1n) is 10.4. The van der Waals surface area contributed by atoms with Gasteiger partial charge >= 0.3 is 0 Å². The average molecular weight is 414 g/mol. The summed E-state index contributed by atoms with van der Waals surface area (Å²) in [5.41, 5.74) is 3.61. The Hall–Kier alpha value is -4.44. The minimum atomic E-state index is -0.159. The highest BCUT2D eigenvalue weighted by Gasteiger charge is 2.13. The molecule has 6 rings (SSSR count). The number of carbonyl (C=O) groups excluding carboxylic acids is 1. The number of rotatable bonds is 3. The summed E-state index contributed by atoms with van der Waals surface area (Å²) < 4.78 is 6.03. The second-order valence-corrected chi connectivity index (χ2v) is 7.74. The Morgan fingerprint density at radius 2 is 1.50 bits per heavy atom. The van der Waals surface area contributed by atoms with E-state index in [2.05, 4.69) is 23.5 Å². The highest BCUT2D eigenvalue weighted by atomic mass is 16.3. The molecule has 6 aromatic rings. The summed E-state index contributed by atoms with van der Waals surface area (Å²) in [4.78, 5) is 17.5. The molecule has 0 aliphatic heterocycles. The van der Waals surface area contributed by atoms with Crippen LogP contribution in [0, 0.1) is 0 Å². The predicted molar refractivity (Wildman–Crippen MR) is 129 cm³/mol. The molecule has 1 aromatic heterocycles. The van der Waals surface area contributed by atoms with Crippen molar-refractivity contribution < 1.29 is 9.21 Å². The van der Waals surface area contributed by atoms with Crippen molar-refractivity contribution in [1.29, 1.82) is 0 Å². The molecule has 0 saturated heterocycles. The van der Waals surface area contributed by atoms with Crippen molar-refractivity contribution in [2.75, 3.05) is 5.32 Å². The second-order valence-electron chi connectivity index (χ2n) is 7.74. The monoisotopic (exact) mass is 414 g/mol. The van der Waals surface area contributed by atoms with Crippen molar-refractivity contribution in [3.05, 3.63) is 109 Å². The van der Waals surface area contributed by atoms with E-state index in [0.29, 0.717) is 28.2 Å². The van der Waals surface area contributed by atoms with Gasteiger partial charge in [-0.3, -0.25) is 4.79 Å². The summed E-state index contributed by atoms with van der Waals surface area (Å²) in [7, 11) is 0. The first kappa shape index (κ1) is 18.3. The Balaban J connectivity index is 1.33. The van der Waals surface area contributed by atoms with Crippen LogP contribution in [0.5, 0.6) is 0 Å². The third-order valence-corrected chi connectivity index (χ3v) is 5.68. The molecule has 0 aliphatic carbocycles. The molecule has 0 aliphatic rings. The fourth-order valence-electron chi connectivity index (χ4n) is 4.07. The Morgan fingerprint density at radius 3 is 2.41 bits per heavy atom. The standard InChI is InChI=1S/C28H18N2O2/c31-27(21-13-12-18-6-1-2-8-20(18)16-21)29-22-14-15-26-25(17-22)30-28(32-26)24-11-5-9-19-7-3-4-10-23(19)24/h1-17H,(H,29,31). The van der Waals surface area contributed by atoms with Crippen molar-refractivity contribution in [1.82, 2.24) is 4.98 Å². The van der Waals surface area contributed by atoms with Gasteiger partial charge in [0.25, 0.3) is 5.91 Å². The molecular formula is C28H18N2O2. The first-order chi connectivity index (χ1) is 15.7. The number of aromatic nitrogens is 1. The highest BCUT2D eigenvalue weighted by molar-refractivity contribution is 6.07. The minimum Gasteiger partial charge on any atom is -0.436 e. The van der Waals surface area contributed by atoms with Crippen LogP contribution < -0.4 is 5.32 Å². The van der Waals surface area contributed by atoms with Crippen LogP contribution in [0.3, 0.4) is 0 Å². The van der Waals surface area contributed by atoms with Gasteiger partial charge in [-0.1, -0.05) is 66.7 Å². The predicted octanol–water partition coefficient (Wildman–Crippen LogP) is 7.05. The summed E-state index contributed by atoms with van der Waals surface area (Å²) in [6.45, 7) is 0. The molecule has 0 atom stereocenters. The van der Waals surface area contributed by atoms with E-state index in [4.69, 9.17) is 9.40 Å². The molecule has 1 N–H and O–H groups in total. The highest BCUT2D eigenvalue weighted by Crippen LogP contribution is 2.31. The van der Waals surface area contributed by atoms with Gasteiger partial charge in [-0.15, -0.1) is 0 Å². The van der Waals surface area contributed by atoms with Crippen molar-refractivity contribution in [2.24, 2.45) is 0 Å². The maximum atomic E-state index is 12.8. The molecule has 0 spiro atoms. The third kappa shape index (κ3) is 3.19. The molecule has 0 unspecified atom stereocenters. The number of oxazole rings is 1. The summed E-state index contributed by atoms with van der Waals surface area (Å²) in [6, 6.07) is 33.4. The lowest BCUT2D eigenvalue weighted by Gasteiger charge is -2.06. The van der Waals surface area contributed by atoms with E-state index < -0.39 is 0 Å². The van der Waals surface area contributed by atoms with Gasteiger partial charge in [-0.2, -0.15) is 0 Å². The van der Waals surface area contributed by atoms with E-state index >= 15 is 0 Å². The zero-order valence-electron chi connectivity index (χ0n) is 17.1. The Labute approximate surface area is 184 Å². The van der Waals surface area contributed by atoms with E-state index in [9.17, 15) is 4.79 Å². The van der Waals surface area contributed by atoms with E-state index in [1.165, 1.54) is 0 Å². The number of hydrogen-bond acceptors (Lipinski definition) is 3. The van der Waals surface area contributed by atoms with Crippen molar-refractivity contribution in [2.45, 2.75) is 0 Å². The number of nitrogens with one attached hydrogen (secondary N) is 1. The van der Waals surface area contributed by atoms with Gasteiger partial charge in [0.15, 0.2) is 5.58 Å². The number of carbonyl (C=O) groups is 1. The van der Waals surface area contributed by atoms with E-state index in [1.54, 1.807) is 0 Å². The zero-order valence-corrected chi connectivity index (χ0v) is 17.1. The molecule has 0 bridgehead atoms. The number of amides is 1. The number of nitrogens with zero attached hydrogens (tertiary/aromatic N) is 1. The molecule has 0 radical (unpaired) electrons. The quantitative estimate of drug-likeness (QED) is 0.337. The van der Waals surface area contributed by atoms with E-state index in [1.807, 2.05) is 84.9 Å². The fourth-order valence-corrected chi connectivity index (χ4v) is 4.07. The lowest BCUT2D eigenvalue weighted by atomic mass is 10.0. The lowest BCUT2D eigenvalue weighted by molar-refractivity contribution is 0.102. The number of hydrogen-bond donors (Lipinski definition) is 1. The van der Waals surface area contributed by atoms with Crippen LogP contribution in [0.4, 0.5) is 5.69 Å². The molecule has 5 aromatic carbocycles. The minimum absolute atomic E-state index is 0.159. The largest absolute Gasteiger partial charge is 0.436 e. The number of fused-ring (bicyclic) bond motifs is 3. The summed E-state index contributed by atoms with van der Waals surface area (Å²) in [6.07, 6.45) is 0. The maximum absolute atomic E-state index is 12.8. The van der Waals surface area contributed by atoms with Gasteiger partial charge in [0, 0.05) is 16.8 Å². The molecule has 1 amide bonds. The van der Waals surface area contributed by atoms with Crippen LogP contribution in [0.2, 0.25) is 0 Å². The third-order valence-electron chi connectivity index (χ3n) is 5.68. The number of benzene rings is 5. The van der Waals surface area contributed by atoms with E-state index in [0.717, 1.165) is 27.1 Å². The summed E-state index contributed by atoms with van der Waals surface area (Å²) in [5, 5.41) is 7.34. The molecule has 32 heavy (non-hydrogen) atoms. The molecule has 0 saturated carbocycles. The molecule has 0 fully saturated rings. The van der Waals surface area contributed by atoms with E-state index in [-0.39, 0.29) is 5.91 Å². The number of anilines is 1. The van der Waals surface area contributed by atoms with Gasteiger partial charge < -0.3 is 9.73 Å². The maximum Gasteiger partial charge on any atom is 0.255 e. The van der Waals surface area contributed by atoms with Crippen molar-refractivity contribution >= 4 is 44.2 Å². The summed E-state index contributed by atoms with van der Waals surface area (Å²) in [5.74, 6) is 0.405. The SMILES string of the molecule is O=C(Nc1ccc2oc(-c3cccc4ccccc34)nc2c1)c1ccc2ccccc2c1. The van der Waals surface area contributed by atoms with Gasteiger partial charge in [0.1, 0.15) is 5.52 Å². The molecule has 1 heterocycles. The van der Waals surface area contributed by atoms with Crippen molar-refractivity contribution in [3.8, 4) is 11.5 Å². The Morgan fingerprint density at radius 1 is 0.719 bits per heavy atom. The van der Waals surface area contributed by atoms with Gasteiger partial charge in [-0.25, -0.2) is 4.98 Å². The van der Waals surface area contributed by atoms with Crippen LogP contribution in [0.1, 0.15) is 10.4 Å². The molecule has 4 heteroatoms. The summed E-state index contributed by atoms with van der Waals surface area (Å²) >= 11 is 0. The van der Waals surface area contributed by atoms with Crippen LogP contribution in [-0.2, 0) is 0 Å². The van der Waals surface area contributed by atoms with Gasteiger partial charge in [0.05, 0.1) is 0 Å². The average Bonchev–Trinajstić information content (AvgIpc) is 3.26.